The van der Waals surface area contributed by atoms with Gasteiger partial charge in [-0.25, -0.2) is 0 Å². The number of para-hydroxylation sites is 1. The van der Waals surface area contributed by atoms with Crippen LogP contribution < -0.4 is 10.1 Å². The molecule has 0 saturated carbocycles. The van der Waals surface area contributed by atoms with E-state index in [2.05, 4.69) is 33.8 Å². The molecule has 0 amide bonds. The number of methoxy groups -OCH3 is 1. The van der Waals surface area contributed by atoms with E-state index >= 15 is 0 Å². The summed E-state index contributed by atoms with van der Waals surface area (Å²) in [6.45, 7) is 3.83. The smallest absolute Gasteiger partial charge is 0.123 e. The number of nitrogens with zero attached hydrogens (tertiary/aromatic N) is 1. The average molecular weight is 323 g/mol. The number of nitrogens with one attached hydrogen (secondary N) is 1. The Hall–Kier alpha value is -1.07. The highest BCUT2D eigenvalue weighted by atomic mass is 35.5. The molecule has 1 atom stereocenters. The predicted octanol–water partition coefficient (Wildman–Crippen LogP) is 3.56. The van der Waals surface area contributed by atoms with Crippen LogP contribution in [0.4, 0.5) is 0 Å². The van der Waals surface area contributed by atoms with E-state index in [-0.39, 0.29) is 0 Å². The van der Waals surface area contributed by atoms with E-state index in [0.29, 0.717) is 6.04 Å². The van der Waals surface area contributed by atoms with E-state index in [1.807, 2.05) is 12.1 Å². The second-order valence-electron chi connectivity index (χ2n) is 5.15. The van der Waals surface area contributed by atoms with Crippen LogP contribution in [0.25, 0.3) is 0 Å². The maximum atomic E-state index is 6.26. The maximum absolute atomic E-state index is 6.26. The highest BCUT2D eigenvalue weighted by Gasteiger charge is 2.26. The van der Waals surface area contributed by atoms with Gasteiger partial charge in [-0.1, -0.05) is 29.8 Å². The molecule has 0 radical (unpaired) electrons. The van der Waals surface area contributed by atoms with Crippen LogP contribution in [0.3, 0.4) is 0 Å². The van der Waals surface area contributed by atoms with Gasteiger partial charge < -0.3 is 10.1 Å². The third-order valence-corrected chi connectivity index (χ3v) is 5.17. The summed E-state index contributed by atoms with van der Waals surface area (Å²) in [5, 5.41) is 5.53. The molecule has 0 bridgehead atoms. The molecular formula is C16H19ClN2OS. The molecule has 21 heavy (non-hydrogen) atoms. The fraction of sp³-hybridized carbons (Fsp3) is 0.375. The Bertz CT molecular complexity index is 601. The van der Waals surface area contributed by atoms with Crippen LogP contribution in [0, 0.1) is 0 Å². The van der Waals surface area contributed by atoms with E-state index in [0.717, 1.165) is 36.3 Å². The number of benzene rings is 1. The standard InChI is InChI=1S/C16H19ClN2OS/c1-20-15-5-3-2-4-13(15)14-10-18-7-8-19(14)11-12-6-9-21-16(12)17/h2-6,9,14,18H,7-8,10-11H2,1H3. The maximum Gasteiger partial charge on any atom is 0.123 e. The molecule has 1 unspecified atom stereocenters. The van der Waals surface area contributed by atoms with Gasteiger partial charge in [0.25, 0.3) is 0 Å². The first-order valence-corrected chi connectivity index (χ1v) is 8.35. The van der Waals surface area contributed by atoms with Gasteiger partial charge >= 0.3 is 0 Å². The van der Waals surface area contributed by atoms with Crippen LogP contribution in [0.5, 0.6) is 5.75 Å². The minimum Gasteiger partial charge on any atom is -0.496 e. The molecule has 3 rings (SSSR count). The van der Waals surface area contributed by atoms with Crippen molar-refractivity contribution < 1.29 is 4.74 Å². The van der Waals surface area contributed by atoms with Crippen molar-refractivity contribution in [2.45, 2.75) is 12.6 Å². The Morgan fingerprint density at radius 1 is 1.38 bits per heavy atom. The van der Waals surface area contributed by atoms with Crippen molar-refractivity contribution in [2.75, 3.05) is 26.7 Å². The molecule has 1 aromatic heterocycles. The number of hydrogen-bond donors (Lipinski definition) is 1. The van der Waals surface area contributed by atoms with Crippen LogP contribution in [0.15, 0.2) is 35.7 Å². The van der Waals surface area contributed by atoms with Gasteiger partial charge in [-0.15, -0.1) is 11.3 Å². The Morgan fingerprint density at radius 3 is 3.00 bits per heavy atom. The van der Waals surface area contributed by atoms with E-state index in [9.17, 15) is 0 Å². The van der Waals surface area contributed by atoms with Crippen molar-refractivity contribution in [3.05, 3.63) is 51.2 Å². The molecular weight excluding hydrogens is 304 g/mol. The zero-order valence-electron chi connectivity index (χ0n) is 12.0. The molecule has 0 aliphatic carbocycles. The average Bonchev–Trinajstić information content (AvgIpc) is 2.93. The predicted molar refractivity (Wildman–Crippen MR) is 88.3 cm³/mol. The van der Waals surface area contributed by atoms with Gasteiger partial charge in [0.2, 0.25) is 0 Å². The van der Waals surface area contributed by atoms with Gasteiger partial charge in [-0.3, -0.25) is 4.90 Å². The Morgan fingerprint density at radius 2 is 2.24 bits per heavy atom. The first-order valence-electron chi connectivity index (χ1n) is 7.09. The zero-order valence-corrected chi connectivity index (χ0v) is 13.6. The SMILES string of the molecule is COc1ccccc1C1CNCCN1Cc1ccsc1Cl. The number of rotatable bonds is 4. The van der Waals surface area contributed by atoms with Crippen LogP contribution in [-0.4, -0.2) is 31.6 Å². The quantitative estimate of drug-likeness (QED) is 0.931. The molecule has 1 aliphatic rings. The minimum absolute atomic E-state index is 0.311. The first kappa shape index (κ1) is 14.9. The van der Waals surface area contributed by atoms with Crippen LogP contribution in [0.1, 0.15) is 17.2 Å². The third kappa shape index (κ3) is 3.24. The summed E-state index contributed by atoms with van der Waals surface area (Å²) < 4.78 is 6.42. The highest BCUT2D eigenvalue weighted by molar-refractivity contribution is 7.14. The molecule has 3 nitrogen and oxygen atoms in total. The lowest BCUT2D eigenvalue weighted by Gasteiger charge is -2.37. The summed E-state index contributed by atoms with van der Waals surface area (Å²) in [6.07, 6.45) is 0. The summed E-state index contributed by atoms with van der Waals surface area (Å²) in [5.41, 5.74) is 2.45. The number of thiophene rings is 1. The molecule has 1 saturated heterocycles. The highest BCUT2D eigenvalue weighted by Crippen LogP contribution is 2.33. The van der Waals surface area contributed by atoms with Crippen molar-refractivity contribution in [1.82, 2.24) is 10.2 Å². The zero-order chi connectivity index (χ0) is 14.7. The van der Waals surface area contributed by atoms with Crippen LogP contribution >= 0.6 is 22.9 Å². The lowest BCUT2D eigenvalue weighted by molar-refractivity contribution is 0.151. The molecule has 1 aliphatic heterocycles. The van der Waals surface area contributed by atoms with Crippen molar-refractivity contribution in [2.24, 2.45) is 0 Å². The van der Waals surface area contributed by atoms with Gasteiger partial charge in [0.05, 0.1) is 17.5 Å². The molecule has 5 heteroatoms. The van der Waals surface area contributed by atoms with Crippen molar-refractivity contribution in [3.63, 3.8) is 0 Å². The Labute approximate surface area is 134 Å². The Kier molecular flexibility index (Phi) is 4.80. The van der Waals surface area contributed by atoms with Gasteiger partial charge in [0.15, 0.2) is 0 Å². The van der Waals surface area contributed by atoms with Crippen LogP contribution in [0.2, 0.25) is 4.34 Å². The summed E-state index contributed by atoms with van der Waals surface area (Å²) >= 11 is 7.86. The molecule has 1 fully saturated rings. The fourth-order valence-corrected chi connectivity index (χ4v) is 3.75. The normalized spacial score (nSPS) is 19.6. The Balaban J connectivity index is 1.86. The van der Waals surface area contributed by atoms with E-state index in [1.165, 1.54) is 11.1 Å². The van der Waals surface area contributed by atoms with Gasteiger partial charge in [-0.05, 0) is 23.1 Å². The van der Waals surface area contributed by atoms with E-state index in [1.54, 1.807) is 18.4 Å². The van der Waals surface area contributed by atoms with Crippen LogP contribution in [-0.2, 0) is 6.54 Å². The molecule has 2 aromatic rings. The van der Waals surface area contributed by atoms with E-state index < -0.39 is 0 Å². The number of hydrogen-bond acceptors (Lipinski definition) is 4. The second kappa shape index (κ2) is 6.79. The number of halogens is 1. The lowest BCUT2D eigenvalue weighted by Crippen LogP contribution is -2.45. The molecule has 1 N–H and O–H groups in total. The minimum atomic E-state index is 0.311. The largest absolute Gasteiger partial charge is 0.496 e. The summed E-state index contributed by atoms with van der Waals surface area (Å²) in [5.74, 6) is 0.951. The van der Waals surface area contributed by atoms with E-state index in [4.69, 9.17) is 16.3 Å². The molecule has 2 heterocycles. The number of ether oxygens (including phenoxy) is 1. The molecule has 1 aromatic carbocycles. The topological polar surface area (TPSA) is 24.5 Å². The molecule has 0 spiro atoms. The van der Waals surface area contributed by atoms with Crippen molar-refractivity contribution in [1.29, 1.82) is 0 Å². The lowest BCUT2D eigenvalue weighted by atomic mass is 10.0. The summed E-state index contributed by atoms with van der Waals surface area (Å²) in [7, 11) is 1.73. The summed E-state index contributed by atoms with van der Waals surface area (Å²) in [4.78, 5) is 2.47. The van der Waals surface area contributed by atoms with Gasteiger partial charge in [-0.2, -0.15) is 0 Å². The second-order valence-corrected chi connectivity index (χ2v) is 6.67. The number of piperazine rings is 1. The third-order valence-electron chi connectivity index (χ3n) is 3.92. The molecule has 112 valence electrons. The van der Waals surface area contributed by atoms with Gasteiger partial charge in [0, 0.05) is 31.7 Å². The first-order chi connectivity index (χ1) is 10.3. The van der Waals surface area contributed by atoms with Crippen molar-refractivity contribution in [3.8, 4) is 5.75 Å². The monoisotopic (exact) mass is 322 g/mol. The van der Waals surface area contributed by atoms with Gasteiger partial charge in [0.1, 0.15) is 5.75 Å². The fourth-order valence-electron chi connectivity index (χ4n) is 2.83. The summed E-state index contributed by atoms with van der Waals surface area (Å²) in [6, 6.07) is 10.7. The van der Waals surface area contributed by atoms with Crippen molar-refractivity contribution >= 4 is 22.9 Å².